The molecular formula is C13H13N5O2. The van der Waals surface area contributed by atoms with Crippen LogP contribution in [0.5, 0.6) is 11.5 Å². The normalized spacial score (nSPS) is 15.4. The molecule has 1 aromatic carbocycles. The molecule has 0 saturated heterocycles. The van der Waals surface area contributed by atoms with Crippen LogP contribution in [0.25, 0.3) is 11.0 Å². The SMILES string of the molecule is CC(c1nc2cc3c(cc2[nH]1)OCCO3)n1cncn1. The van der Waals surface area contributed by atoms with E-state index in [-0.39, 0.29) is 6.04 Å². The van der Waals surface area contributed by atoms with E-state index in [9.17, 15) is 0 Å². The monoisotopic (exact) mass is 271 g/mol. The molecule has 2 aromatic heterocycles. The highest BCUT2D eigenvalue weighted by atomic mass is 16.6. The Hall–Kier alpha value is -2.57. The lowest BCUT2D eigenvalue weighted by Gasteiger charge is -2.17. The number of H-pyrrole nitrogens is 1. The Balaban J connectivity index is 1.78. The second kappa shape index (κ2) is 4.22. The zero-order chi connectivity index (χ0) is 13.5. The largest absolute Gasteiger partial charge is 0.486 e. The van der Waals surface area contributed by atoms with Crippen LogP contribution in [0.1, 0.15) is 18.8 Å². The van der Waals surface area contributed by atoms with Gasteiger partial charge in [0, 0.05) is 12.1 Å². The van der Waals surface area contributed by atoms with Crippen molar-refractivity contribution in [1.82, 2.24) is 24.7 Å². The zero-order valence-electron chi connectivity index (χ0n) is 10.9. The van der Waals surface area contributed by atoms with E-state index in [0.717, 1.165) is 28.4 Å². The molecular weight excluding hydrogens is 258 g/mol. The van der Waals surface area contributed by atoms with Crippen LogP contribution in [-0.2, 0) is 0 Å². The van der Waals surface area contributed by atoms with Crippen molar-refractivity contribution in [2.45, 2.75) is 13.0 Å². The fraction of sp³-hybridized carbons (Fsp3) is 0.308. The Morgan fingerprint density at radius 2 is 2.05 bits per heavy atom. The number of aromatic amines is 1. The highest BCUT2D eigenvalue weighted by molar-refractivity contribution is 5.80. The fourth-order valence-corrected chi connectivity index (χ4v) is 2.31. The summed E-state index contributed by atoms with van der Waals surface area (Å²) in [4.78, 5) is 11.9. The minimum absolute atomic E-state index is 0.0104. The number of nitrogens with one attached hydrogen (secondary N) is 1. The van der Waals surface area contributed by atoms with Crippen molar-refractivity contribution in [3.05, 3.63) is 30.6 Å². The van der Waals surface area contributed by atoms with Crippen molar-refractivity contribution in [3.8, 4) is 11.5 Å². The number of imidazole rings is 1. The third-order valence-electron chi connectivity index (χ3n) is 3.39. The number of hydrogen-bond donors (Lipinski definition) is 1. The average molecular weight is 271 g/mol. The quantitative estimate of drug-likeness (QED) is 0.764. The molecule has 1 atom stereocenters. The molecule has 0 spiro atoms. The second-order valence-electron chi connectivity index (χ2n) is 4.69. The molecule has 3 aromatic rings. The summed E-state index contributed by atoms with van der Waals surface area (Å²) in [5.41, 5.74) is 1.78. The Labute approximate surface area is 114 Å². The summed E-state index contributed by atoms with van der Waals surface area (Å²) < 4.78 is 12.9. The van der Waals surface area contributed by atoms with E-state index in [4.69, 9.17) is 9.47 Å². The van der Waals surface area contributed by atoms with Gasteiger partial charge in [0.1, 0.15) is 37.7 Å². The van der Waals surface area contributed by atoms with Gasteiger partial charge in [0.15, 0.2) is 11.5 Å². The van der Waals surface area contributed by atoms with Crippen LogP contribution >= 0.6 is 0 Å². The lowest BCUT2D eigenvalue weighted by molar-refractivity contribution is 0.172. The standard InChI is InChI=1S/C13H13N5O2/c1-8(18-7-14-6-15-18)13-16-9-4-11-12(5-10(9)17-13)20-3-2-19-11/h4-8H,2-3H2,1H3,(H,16,17). The molecule has 0 radical (unpaired) electrons. The molecule has 0 aliphatic carbocycles. The van der Waals surface area contributed by atoms with Gasteiger partial charge < -0.3 is 14.5 Å². The maximum Gasteiger partial charge on any atom is 0.163 e. The smallest absolute Gasteiger partial charge is 0.163 e. The Morgan fingerprint density at radius 3 is 2.80 bits per heavy atom. The number of hydrogen-bond acceptors (Lipinski definition) is 5. The third kappa shape index (κ3) is 1.70. The number of ether oxygens (including phenoxy) is 2. The number of benzene rings is 1. The van der Waals surface area contributed by atoms with Gasteiger partial charge in [0.2, 0.25) is 0 Å². The summed E-state index contributed by atoms with van der Waals surface area (Å²) in [6.07, 6.45) is 3.19. The predicted octanol–water partition coefficient (Wildman–Crippen LogP) is 1.53. The first-order valence-corrected chi connectivity index (χ1v) is 6.44. The van der Waals surface area contributed by atoms with Crippen LogP contribution in [0, 0.1) is 0 Å². The van der Waals surface area contributed by atoms with E-state index in [1.165, 1.54) is 6.33 Å². The van der Waals surface area contributed by atoms with Gasteiger partial charge in [-0.3, -0.25) is 0 Å². The molecule has 1 aliphatic rings. The number of fused-ring (bicyclic) bond motifs is 2. The second-order valence-corrected chi connectivity index (χ2v) is 4.69. The van der Waals surface area contributed by atoms with Gasteiger partial charge in [-0.25, -0.2) is 14.6 Å². The summed E-state index contributed by atoms with van der Waals surface area (Å²) in [5, 5.41) is 4.14. The van der Waals surface area contributed by atoms with Crippen molar-refractivity contribution in [2.75, 3.05) is 13.2 Å². The molecule has 7 heteroatoms. The van der Waals surface area contributed by atoms with E-state index < -0.39 is 0 Å². The molecule has 4 rings (SSSR count). The van der Waals surface area contributed by atoms with Crippen molar-refractivity contribution in [2.24, 2.45) is 0 Å². The first-order valence-electron chi connectivity index (χ1n) is 6.44. The third-order valence-corrected chi connectivity index (χ3v) is 3.39. The summed E-state index contributed by atoms with van der Waals surface area (Å²) >= 11 is 0. The van der Waals surface area contributed by atoms with Gasteiger partial charge in [-0.15, -0.1) is 0 Å². The van der Waals surface area contributed by atoms with Crippen molar-refractivity contribution in [1.29, 1.82) is 0 Å². The van der Waals surface area contributed by atoms with Gasteiger partial charge in [-0.2, -0.15) is 5.10 Å². The van der Waals surface area contributed by atoms with Gasteiger partial charge in [0.25, 0.3) is 0 Å². The van der Waals surface area contributed by atoms with Crippen LogP contribution in [0.4, 0.5) is 0 Å². The van der Waals surface area contributed by atoms with E-state index in [0.29, 0.717) is 13.2 Å². The van der Waals surface area contributed by atoms with E-state index in [2.05, 4.69) is 20.1 Å². The average Bonchev–Trinajstić information content (AvgIpc) is 3.13. The van der Waals surface area contributed by atoms with Crippen LogP contribution in [0.15, 0.2) is 24.8 Å². The highest BCUT2D eigenvalue weighted by Gasteiger charge is 2.17. The Morgan fingerprint density at radius 1 is 1.25 bits per heavy atom. The fourth-order valence-electron chi connectivity index (χ4n) is 2.31. The van der Waals surface area contributed by atoms with Gasteiger partial charge >= 0.3 is 0 Å². The Kier molecular flexibility index (Phi) is 2.38. The molecule has 0 amide bonds. The lowest BCUT2D eigenvalue weighted by atomic mass is 10.2. The van der Waals surface area contributed by atoms with Gasteiger partial charge in [-0.1, -0.05) is 0 Å². The molecule has 20 heavy (non-hydrogen) atoms. The first kappa shape index (κ1) is 11.3. The maximum absolute atomic E-state index is 5.57. The molecule has 0 fully saturated rings. The molecule has 1 unspecified atom stereocenters. The van der Waals surface area contributed by atoms with Gasteiger partial charge in [-0.05, 0) is 6.92 Å². The van der Waals surface area contributed by atoms with E-state index in [1.54, 1.807) is 11.0 Å². The minimum Gasteiger partial charge on any atom is -0.486 e. The number of nitrogens with zero attached hydrogens (tertiary/aromatic N) is 4. The van der Waals surface area contributed by atoms with E-state index in [1.807, 2.05) is 19.1 Å². The minimum atomic E-state index is -0.0104. The van der Waals surface area contributed by atoms with Crippen LogP contribution < -0.4 is 9.47 Å². The molecule has 1 aliphatic heterocycles. The summed E-state index contributed by atoms with van der Waals surface area (Å²) in [7, 11) is 0. The number of rotatable bonds is 2. The highest BCUT2D eigenvalue weighted by Crippen LogP contribution is 2.34. The van der Waals surface area contributed by atoms with Crippen molar-refractivity contribution in [3.63, 3.8) is 0 Å². The van der Waals surface area contributed by atoms with Crippen LogP contribution in [-0.4, -0.2) is 37.9 Å². The lowest BCUT2D eigenvalue weighted by Crippen LogP contribution is -2.15. The molecule has 3 heterocycles. The predicted molar refractivity (Wildman–Crippen MR) is 70.9 cm³/mol. The molecule has 1 N–H and O–H groups in total. The summed E-state index contributed by atoms with van der Waals surface area (Å²) in [5.74, 6) is 2.33. The van der Waals surface area contributed by atoms with E-state index >= 15 is 0 Å². The van der Waals surface area contributed by atoms with Crippen molar-refractivity contribution < 1.29 is 9.47 Å². The first-order chi connectivity index (χ1) is 9.81. The molecule has 0 saturated carbocycles. The van der Waals surface area contributed by atoms with Crippen LogP contribution in [0.2, 0.25) is 0 Å². The van der Waals surface area contributed by atoms with Crippen molar-refractivity contribution >= 4 is 11.0 Å². The van der Waals surface area contributed by atoms with Gasteiger partial charge in [0.05, 0.1) is 11.0 Å². The van der Waals surface area contributed by atoms with Crippen LogP contribution in [0.3, 0.4) is 0 Å². The summed E-state index contributed by atoms with van der Waals surface area (Å²) in [6.45, 7) is 3.17. The topological polar surface area (TPSA) is 77.9 Å². The molecule has 7 nitrogen and oxygen atoms in total. The molecule has 0 bridgehead atoms. The number of aromatic nitrogens is 5. The molecule has 102 valence electrons. The zero-order valence-corrected chi connectivity index (χ0v) is 10.9. The maximum atomic E-state index is 5.57. The Bertz CT molecular complexity index is 707. The summed E-state index contributed by atoms with van der Waals surface area (Å²) in [6, 6.07) is 3.82.